The number of fused-ring (bicyclic) bond motifs is 1. The second-order valence-corrected chi connectivity index (χ2v) is 7.53. The third kappa shape index (κ3) is 3.83. The van der Waals surface area contributed by atoms with E-state index in [1.807, 2.05) is 0 Å². The fraction of sp³-hybridized carbons (Fsp3) is 0.667. The molecule has 2 nitrogen and oxygen atoms in total. The van der Waals surface area contributed by atoms with Crippen molar-refractivity contribution in [3.8, 4) is 0 Å². The minimum Gasteiger partial charge on any atom is -0.271 e. The van der Waals surface area contributed by atoms with Crippen LogP contribution < -0.4 is 11.3 Å². The molecule has 3 N–H and O–H groups in total. The molecule has 0 aliphatic heterocycles. The summed E-state index contributed by atoms with van der Waals surface area (Å²) >= 11 is 0. The highest BCUT2D eigenvalue weighted by Crippen LogP contribution is 2.30. The number of aryl methyl sites for hydroxylation is 2. The van der Waals surface area contributed by atoms with Crippen LogP contribution in [0.1, 0.15) is 57.2 Å². The predicted molar refractivity (Wildman–Crippen MR) is 86.5 cm³/mol. The van der Waals surface area contributed by atoms with Gasteiger partial charge in [0.25, 0.3) is 0 Å². The van der Waals surface area contributed by atoms with Crippen molar-refractivity contribution in [2.75, 3.05) is 0 Å². The van der Waals surface area contributed by atoms with Gasteiger partial charge in [-0.3, -0.25) is 11.3 Å². The quantitative estimate of drug-likeness (QED) is 0.636. The van der Waals surface area contributed by atoms with E-state index in [4.69, 9.17) is 5.84 Å². The highest BCUT2D eigenvalue weighted by molar-refractivity contribution is 5.35. The highest BCUT2D eigenvalue weighted by Gasteiger charge is 2.23. The molecule has 2 unspecified atom stereocenters. The van der Waals surface area contributed by atoms with Crippen LogP contribution in [0, 0.1) is 11.3 Å². The van der Waals surface area contributed by atoms with Crippen molar-refractivity contribution in [2.24, 2.45) is 17.2 Å². The van der Waals surface area contributed by atoms with E-state index >= 15 is 0 Å². The first-order valence-corrected chi connectivity index (χ1v) is 7.97. The van der Waals surface area contributed by atoms with E-state index < -0.39 is 0 Å². The summed E-state index contributed by atoms with van der Waals surface area (Å²) in [6.45, 7) is 9.24. The maximum absolute atomic E-state index is 5.77. The van der Waals surface area contributed by atoms with Crippen LogP contribution in [0.3, 0.4) is 0 Å². The summed E-state index contributed by atoms with van der Waals surface area (Å²) < 4.78 is 0. The molecule has 112 valence electrons. The van der Waals surface area contributed by atoms with Crippen molar-refractivity contribution in [1.82, 2.24) is 5.43 Å². The largest absolute Gasteiger partial charge is 0.271 e. The van der Waals surface area contributed by atoms with Gasteiger partial charge in [0.2, 0.25) is 0 Å². The second-order valence-electron chi connectivity index (χ2n) is 7.53. The third-order valence-corrected chi connectivity index (χ3v) is 5.00. The Kier molecular flexibility index (Phi) is 4.87. The van der Waals surface area contributed by atoms with Crippen molar-refractivity contribution in [3.05, 3.63) is 34.9 Å². The van der Waals surface area contributed by atoms with Gasteiger partial charge >= 0.3 is 0 Å². The summed E-state index contributed by atoms with van der Waals surface area (Å²) in [6, 6.07) is 7.37. The SMILES string of the molecule is CC(CC(Cc1ccc2c(c1)CCC2)NN)C(C)(C)C. The molecular weight excluding hydrogens is 244 g/mol. The van der Waals surface area contributed by atoms with Crippen LogP contribution in [0.25, 0.3) is 0 Å². The van der Waals surface area contributed by atoms with Crippen LogP contribution >= 0.6 is 0 Å². The molecular formula is C18H30N2. The van der Waals surface area contributed by atoms with Gasteiger partial charge < -0.3 is 0 Å². The van der Waals surface area contributed by atoms with E-state index in [0.717, 1.165) is 12.8 Å². The molecule has 0 fully saturated rings. The number of benzene rings is 1. The molecule has 0 amide bonds. The summed E-state index contributed by atoms with van der Waals surface area (Å²) in [4.78, 5) is 0. The van der Waals surface area contributed by atoms with Gasteiger partial charge in [-0.05, 0) is 60.1 Å². The van der Waals surface area contributed by atoms with Crippen molar-refractivity contribution in [2.45, 2.75) is 65.8 Å². The van der Waals surface area contributed by atoms with Crippen molar-refractivity contribution in [1.29, 1.82) is 0 Å². The molecule has 0 radical (unpaired) electrons. The molecule has 2 atom stereocenters. The summed E-state index contributed by atoms with van der Waals surface area (Å²) in [5, 5.41) is 0. The lowest BCUT2D eigenvalue weighted by Gasteiger charge is -2.30. The van der Waals surface area contributed by atoms with Crippen LogP contribution in [-0.4, -0.2) is 6.04 Å². The summed E-state index contributed by atoms with van der Waals surface area (Å²) in [7, 11) is 0. The van der Waals surface area contributed by atoms with Crippen LogP contribution in [-0.2, 0) is 19.3 Å². The molecule has 20 heavy (non-hydrogen) atoms. The fourth-order valence-corrected chi connectivity index (χ4v) is 3.03. The van der Waals surface area contributed by atoms with E-state index in [9.17, 15) is 0 Å². The van der Waals surface area contributed by atoms with Gasteiger partial charge in [-0.15, -0.1) is 0 Å². The van der Waals surface area contributed by atoms with E-state index in [1.165, 1.54) is 24.8 Å². The van der Waals surface area contributed by atoms with Gasteiger partial charge in [0, 0.05) is 6.04 Å². The van der Waals surface area contributed by atoms with Crippen molar-refractivity contribution in [3.63, 3.8) is 0 Å². The molecule has 1 aromatic carbocycles. The number of hydrazine groups is 1. The number of hydrogen-bond acceptors (Lipinski definition) is 2. The summed E-state index contributed by atoms with van der Waals surface area (Å²) in [5.74, 6) is 6.43. The first-order chi connectivity index (χ1) is 9.40. The number of rotatable bonds is 5. The standard InChI is InChI=1S/C18H30N2/c1-13(18(2,3)4)10-17(20-19)12-14-8-9-15-6-5-7-16(15)11-14/h8-9,11,13,17,20H,5-7,10,12,19H2,1-4H3. The minimum absolute atomic E-state index is 0.340. The zero-order valence-electron chi connectivity index (χ0n) is 13.5. The Bertz CT molecular complexity index is 445. The lowest BCUT2D eigenvalue weighted by atomic mass is 9.78. The van der Waals surface area contributed by atoms with E-state index in [-0.39, 0.29) is 0 Å². The molecule has 0 heterocycles. The second kappa shape index (κ2) is 6.28. The normalized spacial score (nSPS) is 17.9. The fourth-order valence-electron chi connectivity index (χ4n) is 3.03. The highest BCUT2D eigenvalue weighted by atomic mass is 15.2. The van der Waals surface area contributed by atoms with Gasteiger partial charge in [-0.2, -0.15) is 0 Å². The lowest BCUT2D eigenvalue weighted by molar-refractivity contribution is 0.222. The lowest BCUT2D eigenvalue weighted by Crippen LogP contribution is -2.39. The Balaban J connectivity index is 1.99. The molecule has 1 aliphatic rings. The van der Waals surface area contributed by atoms with Crippen LogP contribution in [0.2, 0.25) is 0 Å². The van der Waals surface area contributed by atoms with E-state index in [1.54, 1.807) is 11.1 Å². The topological polar surface area (TPSA) is 38.0 Å². The molecule has 0 aromatic heterocycles. The molecule has 0 spiro atoms. The molecule has 0 saturated heterocycles. The van der Waals surface area contributed by atoms with Crippen LogP contribution in [0.4, 0.5) is 0 Å². The zero-order chi connectivity index (χ0) is 14.8. The third-order valence-electron chi connectivity index (χ3n) is 5.00. The molecule has 1 aromatic rings. The van der Waals surface area contributed by atoms with Gasteiger partial charge in [0.1, 0.15) is 0 Å². The smallest absolute Gasteiger partial charge is 0.0253 e. The van der Waals surface area contributed by atoms with Gasteiger partial charge in [-0.1, -0.05) is 45.9 Å². The van der Waals surface area contributed by atoms with Gasteiger partial charge in [-0.25, -0.2) is 0 Å². The monoisotopic (exact) mass is 274 g/mol. The van der Waals surface area contributed by atoms with Gasteiger partial charge in [0.15, 0.2) is 0 Å². The Morgan fingerprint density at radius 1 is 1.20 bits per heavy atom. The first-order valence-electron chi connectivity index (χ1n) is 7.97. The van der Waals surface area contributed by atoms with Gasteiger partial charge in [0.05, 0.1) is 0 Å². The maximum atomic E-state index is 5.77. The van der Waals surface area contributed by atoms with Crippen molar-refractivity contribution < 1.29 is 0 Å². The summed E-state index contributed by atoms with van der Waals surface area (Å²) in [5.41, 5.74) is 7.89. The average Bonchev–Trinajstić information content (AvgIpc) is 2.84. The molecule has 0 bridgehead atoms. The van der Waals surface area contributed by atoms with Crippen LogP contribution in [0.5, 0.6) is 0 Å². The zero-order valence-corrected chi connectivity index (χ0v) is 13.5. The maximum Gasteiger partial charge on any atom is 0.0253 e. The van der Waals surface area contributed by atoms with Crippen molar-refractivity contribution >= 4 is 0 Å². The molecule has 0 saturated carbocycles. The van der Waals surface area contributed by atoms with Crippen LogP contribution in [0.15, 0.2) is 18.2 Å². The summed E-state index contributed by atoms with van der Waals surface area (Å²) in [6.07, 6.45) is 5.98. The Hall–Kier alpha value is -0.860. The number of nitrogens with two attached hydrogens (primary N) is 1. The number of hydrogen-bond donors (Lipinski definition) is 2. The number of nitrogens with one attached hydrogen (secondary N) is 1. The van der Waals surface area contributed by atoms with E-state index in [2.05, 4.69) is 51.3 Å². The average molecular weight is 274 g/mol. The predicted octanol–water partition coefficient (Wildman–Crippen LogP) is 3.62. The first kappa shape index (κ1) is 15.5. The molecule has 1 aliphatic carbocycles. The Labute approximate surface area is 124 Å². The Morgan fingerprint density at radius 3 is 2.55 bits per heavy atom. The molecule has 2 heteroatoms. The molecule has 2 rings (SSSR count). The Morgan fingerprint density at radius 2 is 1.90 bits per heavy atom. The minimum atomic E-state index is 0.340. The van der Waals surface area contributed by atoms with E-state index in [0.29, 0.717) is 17.4 Å².